The number of rotatable bonds is 4. The minimum Gasteiger partial charge on any atom is -0.389 e. The summed E-state index contributed by atoms with van der Waals surface area (Å²) >= 11 is 5.23. The van der Waals surface area contributed by atoms with E-state index in [0.717, 1.165) is 0 Å². The maximum Gasteiger partial charge on any atom is 0.349 e. The van der Waals surface area contributed by atoms with Crippen LogP contribution in [0.1, 0.15) is 30.1 Å². The number of nitro groups is 1. The van der Waals surface area contributed by atoms with Crippen molar-refractivity contribution >= 4 is 29.2 Å². The normalized spacial score (nSPS) is 10.2. The molecule has 0 aliphatic heterocycles. The molecule has 0 aliphatic carbocycles. The fraction of sp³-hybridized carbons (Fsp3) is 0.273. The van der Waals surface area contributed by atoms with Gasteiger partial charge in [0.25, 0.3) is 0 Å². The van der Waals surface area contributed by atoms with Crippen LogP contribution in [0.15, 0.2) is 6.07 Å². The zero-order chi connectivity index (χ0) is 15.4. The second kappa shape index (κ2) is 6.38. The van der Waals surface area contributed by atoms with E-state index in [4.69, 9.17) is 11.6 Å². The molecule has 0 aromatic heterocycles. The summed E-state index contributed by atoms with van der Waals surface area (Å²) in [5.41, 5.74) is -2.17. The van der Waals surface area contributed by atoms with Crippen molar-refractivity contribution < 1.29 is 28.0 Å². The van der Waals surface area contributed by atoms with Gasteiger partial charge in [-0.15, -0.1) is 0 Å². The summed E-state index contributed by atoms with van der Waals surface area (Å²) in [7, 11) is 0. The molecule has 0 saturated carbocycles. The zero-order valence-corrected chi connectivity index (χ0v) is 10.9. The SMILES string of the molecule is CCCC(=O)OC(=O)c1cc([N+](=O)[O-])c(F)c(Cl)c1F. The molecule has 0 bridgehead atoms. The first-order valence-electron chi connectivity index (χ1n) is 5.36. The van der Waals surface area contributed by atoms with Gasteiger partial charge in [-0.25, -0.2) is 9.18 Å². The number of benzene rings is 1. The van der Waals surface area contributed by atoms with Gasteiger partial charge in [-0.05, 0) is 6.42 Å². The first-order chi connectivity index (χ1) is 9.29. The number of hydrogen-bond donors (Lipinski definition) is 0. The molecule has 0 fully saturated rings. The van der Waals surface area contributed by atoms with Crippen LogP contribution in [-0.2, 0) is 9.53 Å². The third kappa shape index (κ3) is 3.27. The number of halogens is 3. The van der Waals surface area contributed by atoms with Crippen molar-refractivity contribution in [3.8, 4) is 0 Å². The fourth-order valence-corrected chi connectivity index (χ4v) is 1.48. The highest BCUT2D eigenvalue weighted by molar-refractivity contribution is 6.31. The van der Waals surface area contributed by atoms with Crippen molar-refractivity contribution in [2.24, 2.45) is 0 Å². The molecule has 1 aromatic rings. The quantitative estimate of drug-likeness (QED) is 0.280. The molecule has 0 N–H and O–H groups in total. The van der Waals surface area contributed by atoms with E-state index >= 15 is 0 Å². The molecule has 0 atom stereocenters. The molecule has 9 heteroatoms. The maximum absolute atomic E-state index is 13.6. The van der Waals surface area contributed by atoms with Gasteiger partial charge in [-0.3, -0.25) is 14.9 Å². The molecule has 0 amide bonds. The van der Waals surface area contributed by atoms with Gasteiger partial charge in [0.2, 0.25) is 5.82 Å². The van der Waals surface area contributed by atoms with Gasteiger partial charge in [-0.2, -0.15) is 4.39 Å². The summed E-state index contributed by atoms with van der Waals surface area (Å²) in [5.74, 6) is -5.53. The number of hydrogen-bond acceptors (Lipinski definition) is 5. The molecule has 0 saturated heterocycles. The summed E-state index contributed by atoms with van der Waals surface area (Å²) in [4.78, 5) is 32.0. The van der Waals surface area contributed by atoms with Crippen LogP contribution in [0, 0.1) is 21.7 Å². The van der Waals surface area contributed by atoms with Crippen molar-refractivity contribution in [1.82, 2.24) is 0 Å². The smallest absolute Gasteiger partial charge is 0.349 e. The molecule has 0 spiro atoms. The van der Waals surface area contributed by atoms with E-state index in [2.05, 4.69) is 4.74 Å². The Morgan fingerprint density at radius 2 is 2.00 bits per heavy atom. The topological polar surface area (TPSA) is 86.5 Å². The molecule has 20 heavy (non-hydrogen) atoms. The van der Waals surface area contributed by atoms with E-state index in [-0.39, 0.29) is 6.42 Å². The highest BCUT2D eigenvalue weighted by atomic mass is 35.5. The molecule has 1 aromatic carbocycles. The lowest BCUT2D eigenvalue weighted by atomic mass is 10.2. The Morgan fingerprint density at radius 1 is 1.40 bits per heavy atom. The monoisotopic (exact) mass is 307 g/mol. The fourth-order valence-electron chi connectivity index (χ4n) is 1.29. The predicted octanol–water partition coefficient (Wildman–Crippen LogP) is 3.01. The van der Waals surface area contributed by atoms with E-state index in [1.807, 2.05) is 0 Å². The van der Waals surface area contributed by atoms with E-state index in [9.17, 15) is 28.5 Å². The van der Waals surface area contributed by atoms with Gasteiger partial charge >= 0.3 is 17.6 Å². The molecule has 108 valence electrons. The van der Waals surface area contributed by atoms with Crippen LogP contribution in [0.5, 0.6) is 0 Å². The van der Waals surface area contributed by atoms with Gasteiger partial charge in [-0.1, -0.05) is 18.5 Å². The number of carbonyl (C=O) groups is 2. The largest absolute Gasteiger partial charge is 0.389 e. The van der Waals surface area contributed by atoms with Crippen molar-refractivity contribution in [3.05, 3.63) is 38.4 Å². The molecule has 0 aliphatic rings. The Morgan fingerprint density at radius 3 is 2.50 bits per heavy atom. The highest BCUT2D eigenvalue weighted by Crippen LogP contribution is 2.30. The van der Waals surface area contributed by atoms with Crippen LogP contribution >= 0.6 is 11.6 Å². The lowest BCUT2D eigenvalue weighted by molar-refractivity contribution is -0.387. The minimum atomic E-state index is -1.61. The van der Waals surface area contributed by atoms with Crippen LogP contribution in [0.3, 0.4) is 0 Å². The average molecular weight is 308 g/mol. The lowest BCUT2D eigenvalue weighted by Gasteiger charge is -2.05. The van der Waals surface area contributed by atoms with E-state index < -0.39 is 44.8 Å². The molecule has 0 unspecified atom stereocenters. The predicted molar refractivity (Wildman–Crippen MR) is 63.4 cm³/mol. The Hall–Kier alpha value is -2.09. The van der Waals surface area contributed by atoms with Crippen molar-refractivity contribution in [2.45, 2.75) is 19.8 Å². The Labute approximate surface area is 116 Å². The maximum atomic E-state index is 13.6. The van der Waals surface area contributed by atoms with Gasteiger partial charge < -0.3 is 4.74 Å². The summed E-state index contributed by atoms with van der Waals surface area (Å²) in [5, 5.41) is 9.34. The van der Waals surface area contributed by atoms with Gasteiger partial charge in [0, 0.05) is 12.5 Å². The number of nitro benzene ring substituents is 1. The summed E-state index contributed by atoms with van der Waals surface area (Å²) in [6.45, 7) is 1.64. The molecule has 1 rings (SSSR count). The molecular weight excluding hydrogens is 300 g/mol. The Kier molecular flexibility index (Phi) is 5.09. The minimum absolute atomic E-state index is 0.0929. The van der Waals surface area contributed by atoms with E-state index in [1.165, 1.54) is 0 Å². The van der Waals surface area contributed by atoms with Crippen molar-refractivity contribution in [3.63, 3.8) is 0 Å². The molecular formula is C11H8ClF2NO5. The highest BCUT2D eigenvalue weighted by Gasteiger charge is 2.28. The van der Waals surface area contributed by atoms with Crippen LogP contribution in [0.25, 0.3) is 0 Å². The lowest BCUT2D eigenvalue weighted by Crippen LogP contribution is -2.14. The number of carbonyl (C=O) groups excluding carboxylic acids is 2. The third-order valence-electron chi connectivity index (χ3n) is 2.21. The second-order valence-corrected chi connectivity index (χ2v) is 4.03. The van der Waals surface area contributed by atoms with Gasteiger partial charge in [0.15, 0.2) is 5.82 Å². The Bertz CT molecular complexity index is 591. The van der Waals surface area contributed by atoms with E-state index in [0.29, 0.717) is 12.5 Å². The number of nitrogens with zero attached hydrogens (tertiary/aromatic N) is 1. The first kappa shape index (κ1) is 16.0. The van der Waals surface area contributed by atoms with E-state index in [1.54, 1.807) is 6.92 Å². The average Bonchev–Trinajstić information content (AvgIpc) is 2.35. The molecule has 0 heterocycles. The van der Waals surface area contributed by atoms with Crippen molar-refractivity contribution in [1.29, 1.82) is 0 Å². The summed E-state index contributed by atoms with van der Waals surface area (Å²) < 4.78 is 31.2. The van der Waals surface area contributed by atoms with Gasteiger partial charge in [0.05, 0.1) is 4.92 Å². The van der Waals surface area contributed by atoms with Crippen LogP contribution in [0.2, 0.25) is 5.02 Å². The Balaban J connectivity index is 3.21. The van der Waals surface area contributed by atoms with Crippen LogP contribution < -0.4 is 0 Å². The third-order valence-corrected chi connectivity index (χ3v) is 2.54. The standard InChI is InChI=1S/C11H8ClF2NO5/c1-2-3-7(16)20-11(17)5-4-6(15(18)19)10(14)8(12)9(5)13/h4H,2-3H2,1H3. The molecule has 6 nitrogen and oxygen atoms in total. The first-order valence-corrected chi connectivity index (χ1v) is 5.74. The second-order valence-electron chi connectivity index (χ2n) is 3.65. The molecule has 0 radical (unpaired) electrons. The summed E-state index contributed by atoms with van der Waals surface area (Å²) in [6, 6.07) is 0.331. The number of esters is 2. The van der Waals surface area contributed by atoms with Crippen molar-refractivity contribution in [2.75, 3.05) is 0 Å². The van der Waals surface area contributed by atoms with Crippen LogP contribution in [-0.4, -0.2) is 16.9 Å². The van der Waals surface area contributed by atoms with Crippen LogP contribution in [0.4, 0.5) is 14.5 Å². The zero-order valence-electron chi connectivity index (χ0n) is 10.1. The summed E-state index contributed by atoms with van der Waals surface area (Å²) in [6.07, 6.45) is 0.295. The number of ether oxygens (including phenoxy) is 1. The van der Waals surface area contributed by atoms with Gasteiger partial charge in [0.1, 0.15) is 10.6 Å².